The van der Waals surface area contributed by atoms with E-state index in [1.54, 1.807) is 0 Å². The smallest absolute Gasteiger partial charge is 0.293 e. The highest BCUT2D eigenvalue weighted by atomic mass is 16.5. The highest BCUT2D eigenvalue weighted by Gasteiger charge is 1.92. The molecule has 0 aromatic carbocycles. The van der Waals surface area contributed by atoms with Crippen molar-refractivity contribution in [1.29, 1.82) is 0 Å². The van der Waals surface area contributed by atoms with E-state index in [0.29, 0.717) is 13.1 Å². The van der Waals surface area contributed by atoms with Gasteiger partial charge in [0.2, 0.25) is 0 Å². The maximum atomic E-state index is 9.92. The second-order valence-corrected chi connectivity index (χ2v) is 5.55. The predicted octanol–water partition coefficient (Wildman–Crippen LogP) is 5.81. The first-order valence-corrected chi connectivity index (χ1v) is 8.62. The number of carbonyl (C=O) groups is 1. The fourth-order valence-electron chi connectivity index (χ4n) is 2.30. The van der Waals surface area contributed by atoms with Gasteiger partial charge >= 0.3 is 0 Å². The summed E-state index contributed by atoms with van der Waals surface area (Å²) in [7, 11) is 0. The van der Waals surface area contributed by atoms with E-state index >= 15 is 0 Å². The zero-order chi connectivity index (χ0) is 14.7. The van der Waals surface area contributed by atoms with E-state index in [4.69, 9.17) is 0 Å². The molecule has 0 aliphatic heterocycles. The van der Waals surface area contributed by atoms with Crippen LogP contribution in [0, 0.1) is 0 Å². The molecule has 0 rings (SSSR count). The monoisotopic (exact) mass is 282 g/mol. The molecule has 0 saturated carbocycles. The number of rotatable bonds is 16. The summed E-state index contributed by atoms with van der Waals surface area (Å²) in [6.45, 7) is 3.39. The topological polar surface area (TPSA) is 26.3 Å². The fraction of sp³-hybridized carbons (Fsp3) is 0.833. The Morgan fingerprint density at radius 2 is 1.20 bits per heavy atom. The summed E-state index contributed by atoms with van der Waals surface area (Å²) in [6.07, 6.45) is 21.5. The van der Waals surface area contributed by atoms with Crippen LogP contribution in [0.1, 0.15) is 90.4 Å². The molecule has 0 heterocycles. The molecular formula is C18H34O2. The van der Waals surface area contributed by atoms with Gasteiger partial charge in [-0.05, 0) is 32.1 Å². The van der Waals surface area contributed by atoms with Crippen LogP contribution in [0.3, 0.4) is 0 Å². The average Bonchev–Trinajstić information content (AvgIpc) is 2.47. The lowest BCUT2D eigenvalue weighted by atomic mass is 10.1. The normalized spacial score (nSPS) is 11.1. The zero-order valence-electron chi connectivity index (χ0n) is 13.4. The molecule has 0 radical (unpaired) electrons. The van der Waals surface area contributed by atoms with Gasteiger partial charge < -0.3 is 4.74 Å². The molecule has 0 aromatic heterocycles. The highest BCUT2D eigenvalue weighted by Crippen LogP contribution is 2.09. The predicted molar refractivity (Wildman–Crippen MR) is 86.9 cm³/mol. The average molecular weight is 282 g/mol. The molecule has 0 fully saturated rings. The summed E-state index contributed by atoms with van der Waals surface area (Å²) in [5, 5.41) is 0. The SMILES string of the molecule is CCCCCCC=CCCCCCCCCCOC=O. The Bertz CT molecular complexity index is 211. The molecule has 0 aliphatic carbocycles. The minimum atomic E-state index is 0.539. The number of ether oxygens (including phenoxy) is 1. The van der Waals surface area contributed by atoms with Crippen LogP contribution in [-0.2, 0) is 9.53 Å². The summed E-state index contributed by atoms with van der Waals surface area (Å²) in [5.74, 6) is 0. The molecule has 2 nitrogen and oxygen atoms in total. The van der Waals surface area contributed by atoms with E-state index in [2.05, 4.69) is 23.8 Å². The van der Waals surface area contributed by atoms with Gasteiger partial charge in [-0.15, -0.1) is 0 Å². The molecule has 0 aromatic rings. The first kappa shape index (κ1) is 19.2. The molecule has 0 bridgehead atoms. The minimum Gasteiger partial charge on any atom is -0.468 e. The summed E-state index contributed by atoms with van der Waals surface area (Å²) < 4.78 is 4.66. The molecule has 0 unspecified atom stereocenters. The lowest BCUT2D eigenvalue weighted by molar-refractivity contribution is -0.128. The number of unbranched alkanes of at least 4 members (excludes halogenated alkanes) is 11. The molecule has 20 heavy (non-hydrogen) atoms. The van der Waals surface area contributed by atoms with Crippen molar-refractivity contribution in [1.82, 2.24) is 0 Å². The van der Waals surface area contributed by atoms with Crippen LogP contribution in [0.5, 0.6) is 0 Å². The molecule has 0 N–H and O–H groups in total. The molecule has 0 spiro atoms. The summed E-state index contributed by atoms with van der Waals surface area (Å²) in [5.41, 5.74) is 0. The van der Waals surface area contributed by atoms with E-state index in [1.165, 1.54) is 77.0 Å². The summed E-state index contributed by atoms with van der Waals surface area (Å²) in [6, 6.07) is 0. The molecule has 0 aliphatic rings. The Hall–Kier alpha value is -0.790. The lowest BCUT2D eigenvalue weighted by Gasteiger charge is -2.01. The van der Waals surface area contributed by atoms with E-state index in [1.807, 2.05) is 0 Å². The van der Waals surface area contributed by atoms with Crippen LogP contribution in [0.15, 0.2) is 12.2 Å². The van der Waals surface area contributed by atoms with E-state index in [9.17, 15) is 4.79 Å². The van der Waals surface area contributed by atoms with Gasteiger partial charge in [-0.25, -0.2) is 0 Å². The van der Waals surface area contributed by atoms with Crippen LogP contribution in [0.4, 0.5) is 0 Å². The van der Waals surface area contributed by atoms with Gasteiger partial charge in [0.1, 0.15) is 0 Å². The molecular weight excluding hydrogens is 248 g/mol. The van der Waals surface area contributed by atoms with Crippen LogP contribution in [0.25, 0.3) is 0 Å². The standard InChI is InChI=1S/C18H34O2/c1-2-3-4-5-6-7-8-9-10-11-12-13-14-15-16-17-20-18-19/h7-8,18H,2-6,9-17H2,1H3. The quantitative estimate of drug-likeness (QED) is 0.203. The third-order valence-electron chi connectivity index (χ3n) is 3.59. The van der Waals surface area contributed by atoms with Crippen molar-refractivity contribution in [2.75, 3.05) is 6.61 Å². The second kappa shape index (κ2) is 18.2. The van der Waals surface area contributed by atoms with Gasteiger partial charge in [-0.1, -0.05) is 70.4 Å². The van der Waals surface area contributed by atoms with Gasteiger partial charge in [-0.3, -0.25) is 4.79 Å². The number of allylic oxidation sites excluding steroid dienone is 2. The number of hydrogen-bond donors (Lipinski definition) is 0. The van der Waals surface area contributed by atoms with Crippen LogP contribution in [0.2, 0.25) is 0 Å². The third kappa shape index (κ3) is 17.2. The molecule has 0 saturated heterocycles. The molecule has 118 valence electrons. The van der Waals surface area contributed by atoms with Crippen molar-refractivity contribution in [3.05, 3.63) is 12.2 Å². The minimum absolute atomic E-state index is 0.539. The Morgan fingerprint density at radius 1 is 0.700 bits per heavy atom. The van der Waals surface area contributed by atoms with Gasteiger partial charge in [-0.2, -0.15) is 0 Å². The van der Waals surface area contributed by atoms with Crippen molar-refractivity contribution >= 4 is 6.47 Å². The van der Waals surface area contributed by atoms with Crippen LogP contribution < -0.4 is 0 Å². The van der Waals surface area contributed by atoms with Gasteiger partial charge in [0.25, 0.3) is 6.47 Å². The first-order chi connectivity index (χ1) is 9.91. The van der Waals surface area contributed by atoms with Crippen molar-refractivity contribution in [3.63, 3.8) is 0 Å². The van der Waals surface area contributed by atoms with E-state index in [-0.39, 0.29) is 0 Å². The fourth-order valence-corrected chi connectivity index (χ4v) is 2.30. The van der Waals surface area contributed by atoms with Gasteiger partial charge in [0.05, 0.1) is 6.61 Å². The maximum Gasteiger partial charge on any atom is 0.293 e. The Morgan fingerprint density at radius 3 is 1.75 bits per heavy atom. The second-order valence-electron chi connectivity index (χ2n) is 5.55. The molecule has 0 atom stereocenters. The third-order valence-corrected chi connectivity index (χ3v) is 3.59. The zero-order valence-corrected chi connectivity index (χ0v) is 13.4. The number of carbonyl (C=O) groups excluding carboxylic acids is 1. The summed E-state index contributed by atoms with van der Waals surface area (Å²) in [4.78, 5) is 9.92. The highest BCUT2D eigenvalue weighted by molar-refractivity contribution is 5.36. The largest absolute Gasteiger partial charge is 0.468 e. The Kier molecular flexibility index (Phi) is 17.5. The molecule has 2 heteroatoms. The Labute approximate surface area is 126 Å². The lowest BCUT2D eigenvalue weighted by Crippen LogP contribution is -1.91. The number of hydrogen-bond acceptors (Lipinski definition) is 2. The first-order valence-electron chi connectivity index (χ1n) is 8.62. The van der Waals surface area contributed by atoms with E-state index < -0.39 is 0 Å². The van der Waals surface area contributed by atoms with E-state index in [0.717, 1.165) is 6.42 Å². The van der Waals surface area contributed by atoms with Gasteiger partial charge in [0.15, 0.2) is 0 Å². The van der Waals surface area contributed by atoms with Crippen molar-refractivity contribution < 1.29 is 9.53 Å². The van der Waals surface area contributed by atoms with Crippen molar-refractivity contribution in [2.24, 2.45) is 0 Å². The summed E-state index contributed by atoms with van der Waals surface area (Å²) >= 11 is 0. The van der Waals surface area contributed by atoms with Crippen LogP contribution >= 0.6 is 0 Å². The maximum absolute atomic E-state index is 9.92. The van der Waals surface area contributed by atoms with Crippen molar-refractivity contribution in [2.45, 2.75) is 90.4 Å². The van der Waals surface area contributed by atoms with Crippen LogP contribution in [-0.4, -0.2) is 13.1 Å². The van der Waals surface area contributed by atoms with Crippen molar-refractivity contribution in [3.8, 4) is 0 Å². The molecule has 0 amide bonds. The van der Waals surface area contributed by atoms with Gasteiger partial charge in [0, 0.05) is 0 Å². The Balaban J connectivity index is 3.01.